The summed E-state index contributed by atoms with van der Waals surface area (Å²) in [6, 6.07) is 5.16. The number of phenols is 1. The van der Waals surface area contributed by atoms with Gasteiger partial charge < -0.3 is 5.11 Å². The van der Waals surface area contributed by atoms with Crippen molar-refractivity contribution in [1.82, 2.24) is 0 Å². The fourth-order valence-electron chi connectivity index (χ4n) is 1.52. The number of phenolic OH excluding ortho intramolecular Hbond substituents is 1. The van der Waals surface area contributed by atoms with E-state index < -0.39 is 0 Å². The molecule has 1 aliphatic rings. The normalized spacial score (nSPS) is 12.7. The van der Waals surface area contributed by atoms with E-state index >= 15 is 0 Å². The Balaban J connectivity index is 0.000000366. The van der Waals surface area contributed by atoms with Crippen molar-refractivity contribution in [3.05, 3.63) is 52.6 Å². The molecule has 0 unspecified atom stereocenters. The summed E-state index contributed by atoms with van der Waals surface area (Å²) in [5.41, 5.74) is 2.35. The zero-order valence-electron chi connectivity index (χ0n) is 14.4. The van der Waals surface area contributed by atoms with Crippen LogP contribution in [0.5, 0.6) is 5.75 Å². The predicted molar refractivity (Wildman–Crippen MR) is 94.4 cm³/mol. The SMILES string of the molecule is CC(C)(C)c1cc(O)cc(Cl)c1.CC1=[C-]CC=C1.C[C](C)=[Ti+]. The third-order valence-electron chi connectivity index (χ3n) is 2.62. The molecule has 0 saturated heterocycles. The molecule has 0 bridgehead atoms. The average molecular weight is 354 g/mol. The van der Waals surface area contributed by atoms with Gasteiger partial charge in [-0.25, -0.2) is 11.6 Å². The molecule has 1 N–H and O–H groups in total. The molecule has 1 nitrogen and oxygen atoms in total. The molecular weight excluding hydrogens is 328 g/mol. The van der Waals surface area contributed by atoms with E-state index in [1.54, 1.807) is 6.07 Å². The van der Waals surface area contributed by atoms with Crippen LogP contribution in [-0.4, -0.2) is 8.92 Å². The van der Waals surface area contributed by atoms with Gasteiger partial charge in [-0.3, -0.25) is 6.08 Å². The fourth-order valence-corrected chi connectivity index (χ4v) is 1.75. The number of halogens is 1. The van der Waals surface area contributed by atoms with Gasteiger partial charge in [-0.1, -0.05) is 39.3 Å². The monoisotopic (exact) mass is 353 g/mol. The van der Waals surface area contributed by atoms with Crippen LogP contribution in [0.3, 0.4) is 0 Å². The summed E-state index contributed by atoms with van der Waals surface area (Å²) in [5.74, 6) is 0.229. The number of hydrogen-bond acceptors (Lipinski definition) is 1. The van der Waals surface area contributed by atoms with Gasteiger partial charge in [0.05, 0.1) is 0 Å². The van der Waals surface area contributed by atoms with Crippen molar-refractivity contribution in [1.29, 1.82) is 0 Å². The van der Waals surface area contributed by atoms with Gasteiger partial charge in [0.2, 0.25) is 0 Å². The summed E-state index contributed by atoms with van der Waals surface area (Å²) < 4.78 is 1.42. The molecule has 0 atom stereocenters. The van der Waals surface area contributed by atoms with Gasteiger partial charge in [0, 0.05) is 5.02 Å². The maximum atomic E-state index is 9.27. The molecule has 1 aliphatic carbocycles. The maximum absolute atomic E-state index is 9.27. The summed E-state index contributed by atoms with van der Waals surface area (Å²) >= 11 is 7.88. The molecule has 22 heavy (non-hydrogen) atoms. The minimum atomic E-state index is 0.0301. The molecule has 119 valence electrons. The molecule has 0 spiro atoms. The molecular formula is C19H26ClOTi. The van der Waals surface area contributed by atoms with Crippen LogP contribution < -0.4 is 0 Å². The number of aromatic hydroxyl groups is 1. The fraction of sp³-hybridized carbons (Fsp3) is 0.421. The second-order valence-corrected chi connectivity index (χ2v) is 8.41. The van der Waals surface area contributed by atoms with Crippen LogP contribution in [0.1, 0.15) is 53.5 Å². The molecule has 0 amide bonds. The third kappa shape index (κ3) is 11.0. The molecule has 0 saturated carbocycles. The van der Waals surface area contributed by atoms with Crippen LogP contribution >= 0.6 is 11.6 Å². The van der Waals surface area contributed by atoms with E-state index in [0.29, 0.717) is 5.02 Å². The van der Waals surface area contributed by atoms with E-state index in [-0.39, 0.29) is 11.2 Å². The van der Waals surface area contributed by atoms with E-state index in [0.717, 1.165) is 12.0 Å². The van der Waals surface area contributed by atoms with Gasteiger partial charge >= 0.3 is 37.6 Å². The van der Waals surface area contributed by atoms with Crippen LogP contribution in [0.25, 0.3) is 0 Å². The molecule has 0 fully saturated rings. The Morgan fingerprint density at radius 2 is 1.77 bits per heavy atom. The molecule has 1 aromatic rings. The van der Waals surface area contributed by atoms with Crippen molar-refractivity contribution in [2.75, 3.05) is 0 Å². The Morgan fingerprint density at radius 3 is 2.05 bits per heavy atom. The van der Waals surface area contributed by atoms with Gasteiger partial charge in [0.15, 0.2) is 0 Å². The zero-order chi connectivity index (χ0) is 17.3. The average Bonchev–Trinajstić information content (AvgIpc) is 2.78. The summed E-state index contributed by atoms with van der Waals surface area (Å²) in [6.07, 6.45) is 8.33. The van der Waals surface area contributed by atoms with E-state index in [1.807, 2.05) is 6.07 Å². The molecule has 0 aromatic heterocycles. The van der Waals surface area contributed by atoms with Gasteiger partial charge in [-0.05, 0) is 29.2 Å². The number of hydrogen-bond donors (Lipinski definition) is 1. The van der Waals surface area contributed by atoms with Crippen LogP contribution in [0.2, 0.25) is 5.02 Å². The van der Waals surface area contributed by atoms with Gasteiger partial charge in [-0.15, -0.1) is 6.42 Å². The topological polar surface area (TPSA) is 20.2 Å². The quantitative estimate of drug-likeness (QED) is 0.462. The van der Waals surface area contributed by atoms with Crippen molar-refractivity contribution >= 4 is 15.4 Å². The first kappa shape index (κ1) is 21.4. The molecule has 3 heteroatoms. The van der Waals surface area contributed by atoms with E-state index in [1.165, 1.54) is 15.5 Å². The van der Waals surface area contributed by atoms with Crippen LogP contribution in [0.4, 0.5) is 0 Å². The summed E-state index contributed by atoms with van der Waals surface area (Å²) in [6.45, 7) is 12.5. The van der Waals surface area contributed by atoms with Crippen LogP contribution in [0, 0.1) is 6.08 Å². The molecule has 0 heterocycles. The van der Waals surface area contributed by atoms with Crippen molar-refractivity contribution < 1.29 is 25.1 Å². The van der Waals surface area contributed by atoms with Crippen molar-refractivity contribution in [2.45, 2.75) is 53.4 Å². The van der Waals surface area contributed by atoms with Crippen LogP contribution in [0.15, 0.2) is 35.9 Å². The molecule has 0 radical (unpaired) electrons. The number of benzene rings is 1. The Morgan fingerprint density at radius 1 is 1.23 bits per heavy atom. The first-order valence-electron chi connectivity index (χ1n) is 7.28. The molecule has 1 aromatic carbocycles. The predicted octanol–water partition coefficient (Wildman–Crippen LogP) is 5.78. The van der Waals surface area contributed by atoms with E-state index in [4.69, 9.17) is 11.6 Å². The van der Waals surface area contributed by atoms with Crippen LogP contribution in [-0.2, 0) is 25.4 Å². The van der Waals surface area contributed by atoms with Crippen molar-refractivity contribution in [3.8, 4) is 5.75 Å². The number of rotatable bonds is 0. The number of allylic oxidation sites excluding steroid dienone is 4. The summed E-state index contributed by atoms with van der Waals surface area (Å²) in [7, 11) is 0. The van der Waals surface area contributed by atoms with Crippen molar-refractivity contribution in [3.63, 3.8) is 0 Å². The Labute approximate surface area is 152 Å². The van der Waals surface area contributed by atoms with Gasteiger partial charge in [0.1, 0.15) is 5.75 Å². The van der Waals surface area contributed by atoms with Crippen molar-refractivity contribution in [2.24, 2.45) is 0 Å². The first-order valence-corrected chi connectivity index (χ1v) is 8.44. The Bertz CT molecular complexity index is 524. The van der Waals surface area contributed by atoms with E-state index in [2.05, 4.69) is 79.7 Å². The van der Waals surface area contributed by atoms with Gasteiger partial charge in [-0.2, -0.15) is 6.08 Å². The summed E-state index contributed by atoms with van der Waals surface area (Å²) in [4.78, 5) is 0. The third-order valence-corrected chi connectivity index (χ3v) is 2.83. The second kappa shape index (κ2) is 10.2. The Kier molecular flexibility index (Phi) is 9.92. The molecule has 0 aliphatic heterocycles. The Hall–Kier alpha value is -0.626. The minimum absolute atomic E-state index is 0.0301. The van der Waals surface area contributed by atoms with Gasteiger partial charge in [0.25, 0.3) is 0 Å². The first-order chi connectivity index (χ1) is 10.0. The molecule has 2 rings (SSSR count). The zero-order valence-corrected chi connectivity index (χ0v) is 16.7. The second-order valence-electron chi connectivity index (χ2n) is 6.41. The standard InChI is InChI=1S/C10H13ClO.C6H7.C3H6.Ti/c1-10(2,3)7-4-8(11)6-9(12)5-7;1-6-4-2-3-5-6;1-3-2;/h4-6,12H,1-3H3;2,4H,3H2,1H3;1-2H3;/q;-1;;+1. The van der Waals surface area contributed by atoms with E-state index in [9.17, 15) is 5.11 Å². The summed E-state index contributed by atoms with van der Waals surface area (Å²) in [5, 5.41) is 9.86.